The molecule has 1 amide bonds. The smallest absolute Gasteiger partial charge is 0.313 e. The Hall–Kier alpha value is -1.89. The van der Waals surface area contributed by atoms with Gasteiger partial charge >= 0.3 is 5.97 Å². The van der Waals surface area contributed by atoms with Crippen LogP contribution < -0.4 is 0 Å². The average Bonchev–Trinajstić information content (AvgIpc) is 3.39. The molecule has 0 unspecified atom stereocenters. The minimum absolute atomic E-state index is 0.0512. The van der Waals surface area contributed by atoms with Crippen molar-refractivity contribution in [1.29, 1.82) is 0 Å². The van der Waals surface area contributed by atoms with E-state index >= 15 is 0 Å². The van der Waals surface area contributed by atoms with Crippen LogP contribution in [0.1, 0.15) is 51.3 Å². The number of likely N-dealkylation sites (tertiary alicyclic amines) is 2. The van der Waals surface area contributed by atoms with Crippen molar-refractivity contribution in [1.82, 2.24) is 19.4 Å². The average molecular weight is 389 g/mol. The van der Waals surface area contributed by atoms with Gasteiger partial charge in [0.05, 0.1) is 0 Å². The second kappa shape index (κ2) is 7.85. The van der Waals surface area contributed by atoms with Gasteiger partial charge in [-0.25, -0.2) is 4.98 Å². The lowest BCUT2D eigenvalue weighted by Gasteiger charge is -2.33. The van der Waals surface area contributed by atoms with E-state index < -0.39 is 11.4 Å². The first-order chi connectivity index (χ1) is 13.5. The molecule has 2 aliphatic heterocycles. The highest BCUT2D eigenvalue weighted by Gasteiger charge is 2.59. The number of fused-ring (bicyclic) bond motifs is 1. The number of carbonyl (C=O) groups is 2. The quantitative estimate of drug-likeness (QED) is 0.807. The van der Waals surface area contributed by atoms with Crippen molar-refractivity contribution in [3.63, 3.8) is 0 Å². The van der Waals surface area contributed by atoms with Crippen LogP contribution in [0, 0.1) is 11.3 Å². The second-order valence-electron chi connectivity index (χ2n) is 8.79. The van der Waals surface area contributed by atoms with Crippen LogP contribution in [0.5, 0.6) is 0 Å². The number of amides is 1. The van der Waals surface area contributed by atoms with Crippen molar-refractivity contribution in [2.75, 3.05) is 26.2 Å². The lowest BCUT2D eigenvalue weighted by Crippen LogP contribution is -2.44. The van der Waals surface area contributed by atoms with E-state index in [4.69, 9.17) is 0 Å². The molecular weight excluding hydrogens is 356 g/mol. The molecule has 3 fully saturated rings. The zero-order valence-corrected chi connectivity index (χ0v) is 16.8. The molecular formula is C21H32N4O3. The van der Waals surface area contributed by atoms with Crippen molar-refractivity contribution in [2.45, 2.75) is 64.5 Å². The Bertz CT molecular complexity index is 727. The number of aryl methyl sites for hydroxylation is 2. The molecule has 1 N–H and O–H groups in total. The van der Waals surface area contributed by atoms with E-state index in [1.165, 1.54) is 32.1 Å². The van der Waals surface area contributed by atoms with Gasteiger partial charge in [0.25, 0.3) is 0 Å². The largest absolute Gasteiger partial charge is 0.481 e. The van der Waals surface area contributed by atoms with Crippen molar-refractivity contribution in [3.05, 3.63) is 18.2 Å². The van der Waals surface area contributed by atoms with Gasteiger partial charge in [-0.1, -0.05) is 26.2 Å². The number of rotatable bonds is 6. The summed E-state index contributed by atoms with van der Waals surface area (Å²) in [6.07, 6.45) is 11.1. The molecule has 4 rings (SSSR count). The van der Waals surface area contributed by atoms with Crippen LogP contribution >= 0.6 is 0 Å². The predicted molar refractivity (Wildman–Crippen MR) is 105 cm³/mol. The summed E-state index contributed by atoms with van der Waals surface area (Å²) in [4.78, 5) is 33.6. The van der Waals surface area contributed by atoms with Gasteiger partial charge in [-0.3, -0.25) is 14.5 Å². The number of carboxylic acid groups (broad SMARTS) is 1. The number of carboxylic acids is 1. The fourth-order valence-electron chi connectivity index (χ4n) is 5.55. The maximum absolute atomic E-state index is 12.8. The summed E-state index contributed by atoms with van der Waals surface area (Å²) in [5.41, 5.74) is -0.781. The summed E-state index contributed by atoms with van der Waals surface area (Å²) in [5.74, 6) is 0.371. The van der Waals surface area contributed by atoms with E-state index in [0.717, 1.165) is 18.8 Å². The lowest BCUT2D eigenvalue weighted by molar-refractivity contribution is -0.149. The normalized spacial score (nSPS) is 28.6. The molecule has 3 heterocycles. The van der Waals surface area contributed by atoms with E-state index in [2.05, 4.69) is 16.8 Å². The summed E-state index contributed by atoms with van der Waals surface area (Å²) in [6.45, 7) is 5.03. The molecule has 0 radical (unpaired) electrons. The van der Waals surface area contributed by atoms with Crippen LogP contribution in [0.4, 0.5) is 0 Å². The Morgan fingerprint density at radius 2 is 2.00 bits per heavy atom. The molecule has 2 saturated heterocycles. The van der Waals surface area contributed by atoms with E-state index in [1.54, 1.807) is 11.1 Å². The van der Waals surface area contributed by atoms with Crippen molar-refractivity contribution >= 4 is 11.9 Å². The van der Waals surface area contributed by atoms with Crippen LogP contribution in [-0.2, 0) is 22.6 Å². The molecule has 0 aromatic carbocycles. The van der Waals surface area contributed by atoms with Crippen LogP contribution in [0.25, 0.3) is 0 Å². The third kappa shape index (κ3) is 3.45. The molecule has 3 aliphatic rings. The number of hydrogen-bond donors (Lipinski definition) is 1. The summed E-state index contributed by atoms with van der Waals surface area (Å²) < 4.78 is 2.02. The van der Waals surface area contributed by atoms with Gasteiger partial charge in [0.1, 0.15) is 11.2 Å². The van der Waals surface area contributed by atoms with E-state index in [-0.39, 0.29) is 11.8 Å². The maximum atomic E-state index is 12.8. The summed E-state index contributed by atoms with van der Waals surface area (Å²) >= 11 is 0. The number of imidazole rings is 1. The molecule has 2 atom stereocenters. The van der Waals surface area contributed by atoms with Gasteiger partial charge in [-0.15, -0.1) is 0 Å². The van der Waals surface area contributed by atoms with Crippen molar-refractivity contribution in [2.24, 2.45) is 11.3 Å². The Labute approximate surface area is 166 Å². The Morgan fingerprint density at radius 1 is 1.21 bits per heavy atom. The van der Waals surface area contributed by atoms with Crippen LogP contribution in [-0.4, -0.2) is 68.6 Å². The first-order valence-corrected chi connectivity index (χ1v) is 10.8. The number of nitrogens with zero attached hydrogens (tertiary/aromatic N) is 4. The monoisotopic (exact) mass is 388 g/mol. The molecule has 28 heavy (non-hydrogen) atoms. The minimum atomic E-state index is -0.781. The van der Waals surface area contributed by atoms with E-state index in [0.29, 0.717) is 38.6 Å². The fourth-order valence-corrected chi connectivity index (χ4v) is 5.55. The van der Waals surface area contributed by atoms with Crippen molar-refractivity contribution in [3.8, 4) is 0 Å². The number of carbonyl (C=O) groups excluding carboxylic acids is 1. The van der Waals surface area contributed by atoms with Gasteiger partial charge in [0.2, 0.25) is 5.91 Å². The van der Waals surface area contributed by atoms with Gasteiger partial charge in [0, 0.05) is 69.9 Å². The Morgan fingerprint density at radius 3 is 2.68 bits per heavy atom. The zero-order chi connectivity index (χ0) is 19.7. The summed E-state index contributed by atoms with van der Waals surface area (Å²) in [6, 6.07) is 0.536. The molecule has 7 heteroatoms. The van der Waals surface area contributed by atoms with Crippen LogP contribution in [0.3, 0.4) is 0 Å². The Kier molecular flexibility index (Phi) is 5.45. The van der Waals surface area contributed by atoms with Crippen molar-refractivity contribution < 1.29 is 14.7 Å². The SMILES string of the molecule is CCc1nccn1CCC(=O)N1C[C@H]2CN(C3CCCCC3)C[C@@]2(C(=O)O)C1. The first kappa shape index (κ1) is 19.4. The molecule has 154 valence electrons. The molecule has 1 aromatic heterocycles. The molecule has 1 aliphatic carbocycles. The predicted octanol–water partition coefficient (Wildman–Crippen LogP) is 2.01. The number of aliphatic carboxylic acids is 1. The highest BCUT2D eigenvalue weighted by Crippen LogP contribution is 2.45. The molecule has 1 saturated carbocycles. The van der Waals surface area contributed by atoms with Crippen LogP contribution in [0.15, 0.2) is 12.4 Å². The topological polar surface area (TPSA) is 78.7 Å². The maximum Gasteiger partial charge on any atom is 0.313 e. The lowest BCUT2D eigenvalue weighted by atomic mass is 9.81. The minimum Gasteiger partial charge on any atom is -0.481 e. The van der Waals surface area contributed by atoms with E-state index in [1.807, 2.05) is 10.8 Å². The summed E-state index contributed by atoms with van der Waals surface area (Å²) in [7, 11) is 0. The van der Waals surface area contributed by atoms with Gasteiger partial charge < -0.3 is 14.6 Å². The highest BCUT2D eigenvalue weighted by molar-refractivity contribution is 5.81. The molecule has 0 bridgehead atoms. The number of hydrogen-bond acceptors (Lipinski definition) is 4. The standard InChI is InChI=1S/C21H32N4O3/c1-2-18-22-9-11-23(18)10-8-19(26)25-13-16-12-24(17-6-4-3-5-7-17)14-21(16,15-25)20(27)28/h9,11,16-17H,2-8,10,12-15H2,1H3,(H,27,28)/t16-,21-/m1/s1. The summed E-state index contributed by atoms with van der Waals surface area (Å²) in [5, 5.41) is 10.1. The van der Waals surface area contributed by atoms with Gasteiger partial charge in [-0.05, 0) is 12.8 Å². The molecule has 0 spiro atoms. The van der Waals surface area contributed by atoms with Gasteiger partial charge in [0.15, 0.2) is 0 Å². The number of aromatic nitrogens is 2. The first-order valence-electron chi connectivity index (χ1n) is 10.8. The van der Waals surface area contributed by atoms with Gasteiger partial charge in [-0.2, -0.15) is 0 Å². The zero-order valence-electron chi connectivity index (χ0n) is 16.8. The molecule has 7 nitrogen and oxygen atoms in total. The third-order valence-corrected chi connectivity index (χ3v) is 7.19. The van der Waals surface area contributed by atoms with Crippen LogP contribution in [0.2, 0.25) is 0 Å². The Balaban J connectivity index is 1.38. The fraction of sp³-hybridized carbons (Fsp3) is 0.762. The molecule has 1 aromatic rings. The third-order valence-electron chi connectivity index (χ3n) is 7.19. The second-order valence-corrected chi connectivity index (χ2v) is 8.79. The highest BCUT2D eigenvalue weighted by atomic mass is 16.4. The van der Waals surface area contributed by atoms with E-state index in [9.17, 15) is 14.7 Å².